The van der Waals surface area contributed by atoms with Crippen molar-refractivity contribution in [2.75, 3.05) is 19.5 Å². The number of ether oxygens (including phenoxy) is 2. The second kappa shape index (κ2) is 7.31. The summed E-state index contributed by atoms with van der Waals surface area (Å²) in [4.78, 5) is 12.0. The van der Waals surface area contributed by atoms with Crippen LogP contribution in [0.2, 0.25) is 0 Å². The van der Waals surface area contributed by atoms with Crippen molar-refractivity contribution in [3.8, 4) is 11.5 Å². The van der Waals surface area contributed by atoms with Crippen molar-refractivity contribution < 1.29 is 14.3 Å². The van der Waals surface area contributed by atoms with Gasteiger partial charge >= 0.3 is 0 Å². The Hall–Kier alpha value is -2.75. The van der Waals surface area contributed by atoms with E-state index in [1.54, 1.807) is 32.4 Å². The van der Waals surface area contributed by atoms with E-state index in [-0.39, 0.29) is 5.91 Å². The van der Waals surface area contributed by atoms with Gasteiger partial charge in [0.2, 0.25) is 5.91 Å². The topological polar surface area (TPSA) is 47.6 Å². The summed E-state index contributed by atoms with van der Waals surface area (Å²) in [6.45, 7) is 1.99. The third kappa shape index (κ3) is 3.88. The number of benzene rings is 2. The van der Waals surface area contributed by atoms with Gasteiger partial charge in [0.1, 0.15) is 11.5 Å². The zero-order valence-corrected chi connectivity index (χ0v) is 12.9. The Bertz CT molecular complexity index is 692. The minimum absolute atomic E-state index is 0.229. The minimum atomic E-state index is -0.229. The first-order valence-corrected chi connectivity index (χ1v) is 6.90. The number of carbonyl (C=O) groups is 1. The highest BCUT2D eigenvalue weighted by molar-refractivity contribution is 6.02. The number of rotatable bonds is 5. The van der Waals surface area contributed by atoms with Gasteiger partial charge in [-0.15, -0.1) is 0 Å². The number of hydrogen-bond donors (Lipinski definition) is 1. The van der Waals surface area contributed by atoms with Crippen molar-refractivity contribution in [2.45, 2.75) is 6.92 Å². The summed E-state index contributed by atoms with van der Waals surface area (Å²) < 4.78 is 10.5. The Balaban J connectivity index is 2.13. The molecule has 2 aromatic rings. The van der Waals surface area contributed by atoms with E-state index in [0.717, 1.165) is 16.9 Å². The van der Waals surface area contributed by atoms with Crippen LogP contribution in [-0.4, -0.2) is 20.1 Å². The standard InChI is InChI=1S/C18H19NO3/c1-13-8-10-16(21-2)14(12-13)9-11-18(20)19-15-6-4-5-7-17(15)22-3/h4-12H,1-3H3,(H,19,20). The average Bonchev–Trinajstić information content (AvgIpc) is 2.53. The van der Waals surface area contributed by atoms with Gasteiger partial charge in [-0.3, -0.25) is 4.79 Å². The second-order valence-electron chi connectivity index (χ2n) is 4.77. The molecule has 1 N–H and O–H groups in total. The molecule has 2 rings (SSSR count). The van der Waals surface area contributed by atoms with E-state index in [4.69, 9.17) is 9.47 Å². The number of aryl methyl sites for hydroxylation is 1. The number of methoxy groups -OCH3 is 2. The largest absolute Gasteiger partial charge is 0.496 e. The first kappa shape index (κ1) is 15.6. The fourth-order valence-electron chi connectivity index (χ4n) is 2.07. The molecule has 0 bridgehead atoms. The van der Waals surface area contributed by atoms with E-state index in [1.165, 1.54) is 6.08 Å². The van der Waals surface area contributed by atoms with E-state index in [1.807, 2.05) is 37.3 Å². The highest BCUT2D eigenvalue weighted by atomic mass is 16.5. The van der Waals surface area contributed by atoms with Gasteiger partial charge in [-0.05, 0) is 37.3 Å². The first-order chi connectivity index (χ1) is 10.6. The van der Waals surface area contributed by atoms with Gasteiger partial charge in [-0.2, -0.15) is 0 Å². The van der Waals surface area contributed by atoms with Crippen molar-refractivity contribution in [3.05, 3.63) is 59.7 Å². The van der Waals surface area contributed by atoms with Gasteiger partial charge in [-0.25, -0.2) is 0 Å². The maximum atomic E-state index is 12.0. The number of hydrogen-bond acceptors (Lipinski definition) is 3. The number of amides is 1. The van der Waals surface area contributed by atoms with Crippen LogP contribution in [0, 0.1) is 6.92 Å². The molecule has 0 radical (unpaired) electrons. The number of anilines is 1. The lowest BCUT2D eigenvalue weighted by atomic mass is 10.1. The summed E-state index contributed by atoms with van der Waals surface area (Å²) in [6, 6.07) is 13.1. The fraction of sp³-hybridized carbons (Fsp3) is 0.167. The average molecular weight is 297 g/mol. The van der Waals surface area contributed by atoms with Crippen molar-refractivity contribution in [3.63, 3.8) is 0 Å². The number of para-hydroxylation sites is 2. The molecule has 0 atom stereocenters. The van der Waals surface area contributed by atoms with Crippen LogP contribution in [0.4, 0.5) is 5.69 Å². The van der Waals surface area contributed by atoms with Crippen molar-refractivity contribution in [1.29, 1.82) is 0 Å². The van der Waals surface area contributed by atoms with E-state index in [2.05, 4.69) is 5.32 Å². The second-order valence-corrected chi connectivity index (χ2v) is 4.77. The van der Waals surface area contributed by atoms with E-state index in [9.17, 15) is 4.79 Å². The smallest absolute Gasteiger partial charge is 0.248 e. The van der Waals surface area contributed by atoms with E-state index >= 15 is 0 Å². The molecule has 4 nitrogen and oxygen atoms in total. The zero-order valence-electron chi connectivity index (χ0n) is 12.9. The molecule has 0 spiro atoms. The lowest BCUT2D eigenvalue weighted by Gasteiger charge is -2.08. The summed E-state index contributed by atoms with van der Waals surface area (Å²) in [5, 5.41) is 2.79. The molecule has 0 saturated heterocycles. The highest BCUT2D eigenvalue weighted by Gasteiger charge is 2.05. The first-order valence-electron chi connectivity index (χ1n) is 6.90. The van der Waals surface area contributed by atoms with Gasteiger partial charge < -0.3 is 14.8 Å². The molecule has 0 aromatic heterocycles. The molecular formula is C18H19NO3. The zero-order chi connectivity index (χ0) is 15.9. The van der Waals surface area contributed by atoms with Gasteiger partial charge in [0.25, 0.3) is 0 Å². The monoisotopic (exact) mass is 297 g/mol. The van der Waals surface area contributed by atoms with Crippen molar-refractivity contribution in [2.24, 2.45) is 0 Å². The number of nitrogens with one attached hydrogen (secondary N) is 1. The normalized spacial score (nSPS) is 10.5. The molecule has 0 heterocycles. The van der Waals surface area contributed by atoms with Gasteiger partial charge in [0.05, 0.1) is 19.9 Å². The lowest BCUT2D eigenvalue weighted by Crippen LogP contribution is -2.08. The Labute approximate surface area is 130 Å². The number of carbonyl (C=O) groups excluding carboxylic acids is 1. The van der Waals surface area contributed by atoms with E-state index in [0.29, 0.717) is 11.4 Å². The molecule has 0 fully saturated rings. The summed E-state index contributed by atoms with van der Waals surface area (Å²) >= 11 is 0. The molecule has 114 valence electrons. The minimum Gasteiger partial charge on any atom is -0.496 e. The molecular weight excluding hydrogens is 278 g/mol. The Morgan fingerprint density at radius 3 is 2.50 bits per heavy atom. The predicted molar refractivity (Wildman–Crippen MR) is 88.4 cm³/mol. The molecule has 0 unspecified atom stereocenters. The Kier molecular flexibility index (Phi) is 5.20. The van der Waals surface area contributed by atoms with Gasteiger partial charge in [-0.1, -0.05) is 23.8 Å². The van der Waals surface area contributed by atoms with E-state index < -0.39 is 0 Å². The van der Waals surface area contributed by atoms with Crippen LogP contribution in [0.1, 0.15) is 11.1 Å². The summed E-state index contributed by atoms with van der Waals surface area (Å²) in [5.74, 6) is 1.12. The molecule has 1 amide bonds. The van der Waals surface area contributed by atoms with Gasteiger partial charge in [0.15, 0.2) is 0 Å². The maximum absolute atomic E-state index is 12.0. The van der Waals surface area contributed by atoms with Crippen molar-refractivity contribution in [1.82, 2.24) is 0 Å². The summed E-state index contributed by atoms with van der Waals surface area (Å²) in [7, 11) is 3.18. The third-order valence-electron chi connectivity index (χ3n) is 3.16. The fourth-order valence-corrected chi connectivity index (χ4v) is 2.07. The van der Waals surface area contributed by atoms with Gasteiger partial charge in [0, 0.05) is 11.6 Å². The summed E-state index contributed by atoms with van der Waals surface area (Å²) in [5.41, 5.74) is 2.60. The third-order valence-corrected chi connectivity index (χ3v) is 3.16. The predicted octanol–water partition coefficient (Wildman–Crippen LogP) is 3.66. The quantitative estimate of drug-likeness (QED) is 0.857. The molecule has 0 saturated carbocycles. The molecule has 0 aliphatic rings. The summed E-state index contributed by atoms with van der Waals surface area (Å²) in [6.07, 6.45) is 3.21. The molecule has 4 heteroatoms. The lowest BCUT2D eigenvalue weighted by molar-refractivity contribution is -0.111. The van der Waals surface area contributed by atoms with Crippen LogP contribution in [0.25, 0.3) is 6.08 Å². The SMILES string of the molecule is COc1ccc(C)cc1C=CC(=O)Nc1ccccc1OC. The Morgan fingerprint density at radius 1 is 1.05 bits per heavy atom. The maximum Gasteiger partial charge on any atom is 0.248 e. The molecule has 22 heavy (non-hydrogen) atoms. The Morgan fingerprint density at radius 2 is 1.77 bits per heavy atom. The van der Waals surface area contributed by atoms with Crippen LogP contribution in [0.3, 0.4) is 0 Å². The molecule has 0 aliphatic carbocycles. The molecule has 0 aliphatic heterocycles. The van der Waals surface area contributed by atoms with Crippen LogP contribution in [0.15, 0.2) is 48.5 Å². The van der Waals surface area contributed by atoms with Crippen LogP contribution >= 0.6 is 0 Å². The van der Waals surface area contributed by atoms with Crippen LogP contribution < -0.4 is 14.8 Å². The highest BCUT2D eigenvalue weighted by Crippen LogP contribution is 2.24. The van der Waals surface area contributed by atoms with Crippen LogP contribution in [-0.2, 0) is 4.79 Å². The molecule has 2 aromatic carbocycles. The van der Waals surface area contributed by atoms with Crippen molar-refractivity contribution >= 4 is 17.7 Å². The van der Waals surface area contributed by atoms with Crippen LogP contribution in [0.5, 0.6) is 11.5 Å².